The first-order valence-corrected chi connectivity index (χ1v) is 9.78. The van der Waals surface area contributed by atoms with Gasteiger partial charge in [0, 0.05) is 5.70 Å². The lowest BCUT2D eigenvalue weighted by Gasteiger charge is -2.28. The first-order chi connectivity index (χ1) is 14.5. The number of anilines is 1. The fraction of sp³-hybridized carbons (Fsp3) is 0.500. The highest BCUT2D eigenvalue weighted by atomic mass is 16.5. The number of carbonyl (C=O) groups is 1. The second-order valence-corrected chi connectivity index (χ2v) is 6.81. The van der Waals surface area contributed by atoms with Crippen molar-refractivity contribution in [2.45, 2.75) is 39.2 Å². The van der Waals surface area contributed by atoms with Crippen molar-refractivity contribution < 1.29 is 23.7 Å². The number of tetrazole rings is 1. The highest BCUT2D eigenvalue weighted by molar-refractivity contribution is 5.92. The lowest BCUT2D eigenvalue weighted by Crippen LogP contribution is -2.30. The Hall–Kier alpha value is -3.30. The molecule has 0 saturated carbocycles. The summed E-state index contributed by atoms with van der Waals surface area (Å²) in [5.41, 5.74) is 1.73. The molecule has 10 heteroatoms. The van der Waals surface area contributed by atoms with Crippen LogP contribution in [0.5, 0.6) is 17.2 Å². The maximum absolute atomic E-state index is 13.0. The van der Waals surface area contributed by atoms with E-state index >= 15 is 0 Å². The minimum Gasteiger partial charge on any atom is -0.493 e. The summed E-state index contributed by atoms with van der Waals surface area (Å²) < 4.78 is 23.5. The van der Waals surface area contributed by atoms with Crippen LogP contribution >= 0.6 is 0 Å². The summed E-state index contributed by atoms with van der Waals surface area (Å²) in [5.74, 6) is 1.39. The first-order valence-electron chi connectivity index (χ1n) is 9.78. The SMILES string of the molecule is CCCCCOC(=O)C1=C(C)Nc2nnnn2[C@H]1c1cc(OC)c(OC)c(OC)c1. The second-order valence-electron chi connectivity index (χ2n) is 6.81. The Balaban J connectivity index is 2.06. The Morgan fingerprint density at radius 3 is 2.43 bits per heavy atom. The zero-order valence-electron chi connectivity index (χ0n) is 17.9. The summed E-state index contributed by atoms with van der Waals surface area (Å²) in [4.78, 5) is 13.0. The van der Waals surface area contributed by atoms with Gasteiger partial charge in [0.25, 0.3) is 0 Å². The van der Waals surface area contributed by atoms with E-state index in [2.05, 4.69) is 27.8 Å². The number of nitrogens with zero attached hydrogens (tertiary/aromatic N) is 4. The number of aromatic nitrogens is 4. The number of esters is 1. The van der Waals surface area contributed by atoms with E-state index < -0.39 is 12.0 Å². The van der Waals surface area contributed by atoms with Crippen molar-refractivity contribution in [3.8, 4) is 17.2 Å². The normalized spacial score (nSPS) is 15.3. The minimum absolute atomic E-state index is 0.355. The molecular formula is C20H27N5O5. The van der Waals surface area contributed by atoms with Gasteiger partial charge in [-0.2, -0.15) is 4.68 Å². The molecule has 0 amide bonds. The van der Waals surface area contributed by atoms with Crippen LogP contribution in [0.25, 0.3) is 0 Å². The molecule has 1 aromatic heterocycles. The molecular weight excluding hydrogens is 390 g/mol. The molecule has 0 aliphatic carbocycles. The van der Waals surface area contributed by atoms with Crippen LogP contribution in [-0.4, -0.2) is 54.1 Å². The molecule has 10 nitrogen and oxygen atoms in total. The number of rotatable bonds is 9. The molecule has 0 saturated heterocycles. The van der Waals surface area contributed by atoms with Gasteiger partial charge in [0.15, 0.2) is 11.5 Å². The minimum atomic E-state index is -0.622. The van der Waals surface area contributed by atoms with Crippen LogP contribution in [0.2, 0.25) is 0 Å². The molecule has 1 aromatic carbocycles. The van der Waals surface area contributed by atoms with Crippen LogP contribution < -0.4 is 19.5 Å². The van der Waals surface area contributed by atoms with E-state index in [1.165, 1.54) is 26.0 Å². The second kappa shape index (κ2) is 9.47. The summed E-state index contributed by atoms with van der Waals surface area (Å²) in [7, 11) is 4.61. The van der Waals surface area contributed by atoms with E-state index in [4.69, 9.17) is 18.9 Å². The zero-order chi connectivity index (χ0) is 21.7. The van der Waals surface area contributed by atoms with Gasteiger partial charge >= 0.3 is 5.97 Å². The molecule has 1 aliphatic heterocycles. The third kappa shape index (κ3) is 4.03. The van der Waals surface area contributed by atoms with Crippen LogP contribution in [0.3, 0.4) is 0 Å². The van der Waals surface area contributed by atoms with E-state index in [-0.39, 0.29) is 0 Å². The topological polar surface area (TPSA) is 110 Å². The van der Waals surface area contributed by atoms with E-state index in [0.717, 1.165) is 19.3 Å². The highest BCUT2D eigenvalue weighted by Crippen LogP contribution is 2.43. The van der Waals surface area contributed by atoms with Crippen molar-refractivity contribution in [3.63, 3.8) is 0 Å². The van der Waals surface area contributed by atoms with Gasteiger partial charge in [-0.25, -0.2) is 4.79 Å². The lowest BCUT2D eigenvalue weighted by atomic mass is 9.95. The molecule has 3 rings (SSSR count). The summed E-state index contributed by atoms with van der Waals surface area (Å²) in [6, 6.07) is 2.93. The van der Waals surface area contributed by atoms with Gasteiger partial charge in [-0.05, 0) is 41.5 Å². The fourth-order valence-electron chi connectivity index (χ4n) is 3.44. The van der Waals surface area contributed by atoms with Gasteiger partial charge < -0.3 is 24.3 Å². The zero-order valence-corrected chi connectivity index (χ0v) is 17.9. The van der Waals surface area contributed by atoms with Crippen molar-refractivity contribution in [2.24, 2.45) is 0 Å². The van der Waals surface area contributed by atoms with E-state index in [0.29, 0.717) is 46.6 Å². The molecule has 162 valence electrons. The first kappa shape index (κ1) is 21.4. The van der Waals surface area contributed by atoms with Gasteiger partial charge in [0.05, 0.1) is 33.5 Å². The molecule has 1 N–H and O–H groups in total. The quantitative estimate of drug-likeness (QED) is 0.486. The Labute approximate surface area is 175 Å². The molecule has 1 atom stereocenters. The average molecular weight is 417 g/mol. The number of methoxy groups -OCH3 is 3. The van der Waals surface area contributed by atoms with Crippen LogP contribution in [0.4, 0.5) is 5.95 Å². The Morgan fingerprint density at radius 1 is 1.13 bits per heavy atom. The summed E-state index contributed by atoms with van der Waals surface area (Å²) in [5, 5.41) is 14.9. The number of ether oxygens (including phenoxy) is 4. The Bertz CT molecular complexity index is 914. The molecule has 0 spiro atoms. The Morgan fingerprint density at radius 2 is 1.83 bits per heavy atom. The monoisotopic (exact) mass is 417 g/mol. The van der Waals surface area contributed by atoms with Gasteiger partial charge in [0.1, 0.15) is 6.04 Å². The van der Waals surface area contributed by atoms with Gasteiger partial charge in [-0.1, -0.05) is 24.9 Å². The van der Waals surface area contributed by atoms with Crippen LogP contribution in [0.1, 0.15) is 44.7 Å². The molecule has 1 aliphatic rings. The average Bonchev–Trinajstić information content (AvgIpc) is 3.22. The predicted molar refractivity (Wildman–Crippen MR) is 109 cm³/mol. The third-order valence-electron chi connectivity index (χ3n) is 4.92. The van der Waals surface area contributed by atoms with Crippen LogP contribution in [-0.2, 0) is 9.53 Å². The van der Waals surface area contributed by atoms with Gasteiger partial charge in [0.2, 0.25) is 11.7 Å². The number of benzene rings is 1. The number of fused-ring (bicyclic) bond motifs is 1. The molecule has 0 fully saturated rings. The van der Waals surface area contributed by atoms with Crippen molar-refractivity contribution in [2.75, 3.05) is 33.3 Å². The number of allylic oxidation sites excluding steroid dienone is 1. The van der Waals surface area contributed by atoms with Gasteiger partial charge in [-0.15, -0.1) is 0 Å². The van der Waals surface area contributed by atoms with Crippen LogP contribution in [0, 0.1) is 0 Å². The Kier molecular flexibility index (Phi) is 6.76. The third-order valence-corrected chi connectivity index (χ3v) is 4.92. The lowest BCUT2D eigenvalue weighted by molar-refractivity contribution is -0.139. The number of unbranched alkanes of at least 4 members (excludes halogenated alkanes) is 2. The number of hydrogen-bond acceptors (Lipinski definition) is 9. The molecule has 30 heavy (non-hydrogen) atoms. The van der Waals surface area contributed by atoms with Gasteiger partial charge in [-0.3, -0.25) is 0 Å². The van der Waals surface area contributed by atoms with Crippen molar-refractivity contribution in [1.29, 1.82) is 0 Å². The number of hydrogen-bond donors (Lipinski definition) is 1. The molecule has 2 heterocycles. The molecule has 0 unspecified atom stereocenters. The van der Waals surface area contributed by atoms with Crippen molar-refractivity contribution in [3.05, 3.63) is 29.0 Å². The molecule has 0 radical (unpaired) electrons. The molecule has 0 bridgehead atoms. The summed E-state index contributed by atoms with van der Waals surface area (Å²) in [6.45, 7) is 4.25. The number of nitrogens with one attached hydrogen (secondary N) is 1. The van der Waals surface area contributed by atoms with Crippen molar-refractivity contribution in [1.82, 2.24) is 20.2 Å². The van der Waals surface area contributed by atoms with Crippen LogP contribution in [0.15, 0.2) is 23.4 Å². The largest absolute Gasteiger partial charge is 0.493 e. The fourth-order valence-corrected chi connectivity index (χ4v) is 3.44. The highest BCUT2D eigenvalue weighted by Gasteiger charge is 2.36. The number of carbonyl (C=O) groups excluding carboxylic acids is 1. The summed E-state index contributed by atoms with van der Waals surface area (Å²) in [6.07, 6.45) is 2.85. The van der Waals surface area contributed by atoms with Crippen molar-refractivity contribution >= 4 is 11.9 Å². The standard InChI is InChI=1S/C20H27N5O5/c1-6-7-8-9-30-19(26)16-12(2)21-20-22-23-24-25(20)17(16)13-10-14(27-3)18(29-5)15(11-13)28-4/h10-11,17H,6-9H2,1-5H3,(H,21,22,24)/t17-/m0/s1. The maximum atomic E-state index is 13.0. The summed E-state index contributed by atoms with van der Waals surface area (Å²) >= 11 is 0. The van der Waals surface area contributed by atoms with E-state index in [9.17, 15) is 4.79 Å². The van der Waals surface area contributed by atoms with E-state index in [1.54, 1.807) is 19.1 Å². The smallest absolute Gasteiger partial charge is 0.338 e. The van der Waals surface area contributed by atoms with E-state index in [1.807, 2.05) is 0 Å². The molecule has 2 aromatic rings. The predicted octanol–water partition coefficient (Wildman–Crippen LogP) is 2.72. The maximum Gasteiger partial charge on any atom is 0.338 e.